The van der Waals surface area contributed by atoms with E-state index < -0.39 is 0 Å². The summed E-state index contributed by atoms with van der Waals surface area (Å²) in [4.78, 5) is 4.19. The van der Waals surface area contributed by atoms with E-state index in [-0.39, 0.29) is 5.75 Å². The van der Waals surface area contributed by atoms with Gasteiger partial charge in [-0.3, -0.25) is 0 Å². The van der Waals surface area contributed by atoms with Gasteiger partial charge in [0.15, 0.2) is 17.5 Å². The van der Waals surface area contributed by atoms with Crippen LogP contribution in [-0.2, 0) is 6.54 Å². The van der Waals surface area contributed by atoms with E-state index in [4.69, 9.17) is 10.5 Å². The summed E-state index contributed by atoms with van der Waals surface area (Å²) in [6.07, 6.45) is 2.19. The first-order valence-corrected chi connectivity index (χ1v) is 6.07. The predicted molar refractivity (Wildman–Crippen MR) is 72.9 cm³/mol. The predicted octanol–water partition coefficient (Wildman–Crippen LogP) is 1.61. The molecule has 100 valence electrons. The van der Waals surface area contributed by atoms with Crippen LogP contribution in [0.1, 0.15) is 25.3 Å². The number of nitrogens with zero attached hydrogens (tertiary/aromatic N) is 1. The summed E-state index contributed by atoms with van der Waals surface area (Å²) in [5, 5.41) is 12.6. The van der Waals surface area contributed by atoms with Gasteiger partial charge in [-0.25, -0.2) is 4.99 Å². The fourth-order valence-corrected chi connectivity index (χ4v) is 1.46. The summed E-state index contributed by atoms with van der Waals surface area (Å²) in [6, 6.07) is 5.18. The molecule has 0 aliphatic rings. The summed E-state index contributed by atoms with van der Waals surface area (Å²) in [6.45, 7) is 3.39. The van der Waals surface area contributed by atoms with Crippen LogP contribution in [0, 0.1) is 0 Å². The molecule has 0 heterocycles. The molecule has 0 radical (unpaired) electrons. The number of phenolic OH excluding ortho intramolecular Hbond substituents is 1. The number of hydrogen-bond acceptors (Lipinski definition) is 3. The van der Waals surface area contributed by atoms with Gasteiger partial charge in [0, 0.05) is 6.54 Å². The molecule has 0 atom stereocenters. The zero-order chi connectivity index (χ0) is 13.4. The third kappa shape index (κ3) is 4.53. The van der Waals surface area contributed by atoms with Crippen molar-refractivity contribution >= 4 is 5.96 Å². The summed E-state index contributed by atoms with van der Waals surface area (Å²) in [5.41, 5.74) is 6.59. The summed E-state index contributed by atoms with van der Waals surface area (Å²) in [7, 11) is 1.52. The Morgan fingerprint density at radius 3 is 2.89 bits per heavy atom. The maximum atomic E-state index is 9.61. The summed E-state index contributed by atoms with van der Waals surface area (Å²) >= 11 is 0. The molecule has 1 aromatic carbocycles. The zero-order valence-corrected chi connectivity index (χ0v) is 10.9. The van der Waals surface area contributed by atoms with Gasteiger partial charge in [-0.15, -0.1) is 0 Å². The van der Waals surface area contributed by atoms with Gasteiger partial charge in [-0.05, 0) is 24.1 Å². The first-order valence-electron chi connectivity index (χ1n) is 6.07. The Hall–Kier alpha value is -1.91. The largest absolute Gasteiger partial charge is 0.504 e. The number of hydrogen-bond donors (Lipinski definition) is 3. The Labute approximate surface area is 108 Å². The lowest BCUT2D eigenvalue weighted by Gasteiger charge is -2.06. The maximum absolute atomic E-state index is 9.61. The van der Waals surface area contributed by atoms with Gasteiger partial charge < -0.3 is 20.9 Å². The number of nitrogens with one attached hydrogen (secondary N) is 1. The van der Waals surface area contributed by atoms with Crippen molar-refractivity contribution in [2.24, 2.45) is 10.7 Å². The fourth-order valence-electron chi connectivity index (χ4n) is 1.46. The molecular formula is C13H21N3O2. The van der Waals surface area contributed by atoms with E-state index in [1.165, 1.54) is 7.11 Å². The molecule has 0 aliphatic carbocycles. The lowest BCUT2D eigenvalue weighted by Crippen LogP contribution is -2.32. The Bertz CT molecular complexity index is 405. The van der Waals surface area contributed by atoms with E-state index >= 15 is 0 Å². The molecule has 0 aromatic heterocycles. The molecule has 0 bridgehead atoms. The number of rotatable bonds is 6. The number of aromatic hydroxyl groups is 1. The molecule has 0 fully saturated rings. The fraction of sp³-hybridized carbons (Fsp3) is 0.462. The molecule has 18 heavy (non-hydrogen) atoms. The Balaban J connectivity index is 2.52. The van der Waals surface area contributed by atoms with Crippen LogP contribution in [0.25, 0.3) is 0 Å². The molecule has 1 rings (SSSR count). The van der Waals surface area contributed by atoms with Crippen molar-refractivity contribution in [2.75, 3.05) is 13.7 Å². The van der Waals surface area contributed by atoms with Crippen molar-refractivity contribution in [3.8, 4) is 11.5 Å². The molecule has 5 nitrogen and oxygen atoms in total. The highest BCUT2D eigenvalue weighted by atomic mass is 16.5. The van der Waals surface area contributed by atoms with Gasteiger partial charge in [0.1, 0.15) is 0 Å². The van der Waals surface area contributed by atoms with Crippen LogP contribution < -0.4 is 15.8 Å². The van der Waals surface area contributed by atoms with E-state index in [9.17, 15) is 5.11 Å². The van der Waals surface area contributed by atoms with Crippen LogP contribution in [0.4, 0.5) is 0 Å². The number of phenols is 1. The average molecular weight is 251 g/mol. The van der Waals surface area contributed by atoms with Gasteiger partial charge in [-0.2, -0.15) is 0 Å². The SMILES string of the molecule is CCCCNC(N)=NCc1ccc(OC)c(O)c1. The highest BCUT2D eigenvalue weighted by Gasteiger charge is 2.01. The van der Waals surface area contributed by atoms with Crippen LogP contribution in [-0.4, -0.2) is 24.7 Å². The van der Waals surface area contributed by atoms with Crippen molar-refractivity contribution in [1.29, 1.82) is 0 Å². The van der Waals surface area contributed by atoms with E-state index in [0.717, 1.165) is 24.9 Å². The summed E-state index contributed by atoms with van der Waals surface area (Å²) < 4.78 is 4.97. The number of nitrogens with two attached hydrogens (primary N) is 1. The molecule has 0 aliphatic heterocycles. The van der Waals surface area contributed by atoms with Crippen molar-refractivity contribution in [3.63, 3.8) is 0 Å². The topological polar surface area (TPSA) is 79.9 Å². The smallest absolute Gasteiger partial charge is 0.188 e. The quantitative estimate of drug-likeness (QED) is 0.407. The van der Waals surface area contributed by atoms with Gasteiger partial charge >= 0.3 is 0 Å². The molecule has 0 amide bonds. The second-order valence-electron chi connectivity index (χ2n) is 3.99. The van der Waals surface area contributed by atoms with Gasteiger partial charge in [0.25, 0.3) is 0 Å². The van der Waals surface area contributed by atoms with E-state index in [1.807, 2.05) is 6.07 Å². The monoisotopic (exact) mass is 251 g/mol. The Morgan fingerprint density at radius 1 is 1.50 bits per heavy atom. The van der Waals surface area contributed by atoms with Crippen LogP contribution in [0.5, 0.6) is 11.5 Å². The number of aliphatic imine (C=N–C) groups is 1. The molecule has 0 spiro atoms. The van der Waals surface area contributed by atoms with Crippen molar-refractivity contribution in [2.45, 2.75) is 26.3 Å². The van der Waals surface area contributed by atoms with Crippen molar-refractivity contribution < 1.29 is 9.84 Å². The van der Waals surface area contributed by atoms with Crippen molar-refractivity contribution in [1.82, 2.24) is 5.32 Å². The van der Waals surface area contributed by atoms with Crippen molar-refractivity contribution in [3.05, 3.63) is 23.8 Å². The number of ether oxygens (including phenoxy) is 1. The van der Waals surface area contributed by atoms with Gasteiger partial charge in [0.2, 0.25) is 0 Å². The van der Waals surface area contributed by atoms with Crippen LogP contribution in [0.2, 0.25) is 0 Å². The second-order valence-corrected chi connectivity index (χ2v) is 3.99. The lowest BCUT2D eigenvalue weighted by atomic mass is 10.2. The van der Waals surface area contributed by atoms with E-state index in [2.05, 4.69) is 17.2 Å². The Kier molecular flexibility index (Phi) is 5.84. The molecule has 4 N–H and O–H groups in total. The lowest BCUT2D eigenvalue weighted by molar-refractivity contribution is 0.373. The number of unbranched alkanes of at least 4 members (excludes halogenated alkanes) is 1. The standard InChI is InChI=1S/C13H21N3O2/c1-3-4-7-15-13(14)16-9-10-5-6-12(18-2)11(17)8-10/h5-6,8,17H,3-4,7,9H2,1-2H3,(H3,14,15,16). The third-order valence-electron chi connectivity index (χ3n) is 2.51. The molecule has 5 heteroatoms. The van der Waals surface area contributed by atoms with Gasteiger partial charge in [-0.1, -0.05) is 19.4 Å². The van der Waals surface area contributed by atoms with E-state index in [1.54, 1.807) is 12.1 Å². The highest BCUT2D eigenvalue weighted by Crippen LogP contribution is 2.26. The number of methoxy groups -OCH3 is 1. The molecule has 0 saturated heterocycles. The highest BCUT2D eigenvalue weighted by molar-refractivity contribution is 5.77. The first-order chi connectivity index (χ1) is 8.67. The molecule has 0 unspecified atom stereocenters. The maximum Gasteiger partial charge on any atom is 0.188 e. The normalized spacial score (nSPS) is 11.3. The Morgan fingerprint density at radius 2 is 2.28 bits per heavy atom. The second kappa shape index (κ2) is 7.42. The minimum Gasteiger partial charge on any atom is -0.504 e. The third-order valence-corrected chi connectivity index (χ3v) is 2.51. The summed E-state index contributed by atoms with van der Waals surface area (Å²) in [5.74, 6) is 0.998. The molecule has 0 saturated carbocycles. The molecular weight excluding hydrogens is 230 g/mol. The van der Waals surface area contributed by atoms with Crippen LogP contribution in [0.15, 0.2) is 23.2 Å². The van der Waals surface area contributed by atoms with Gasteiger partial charge in [0.05, 0.1) is 13.7 Å². The van der Waals surface area contributed by atoms with E-state index in [0.29, 0.717) is 18.3 Å². The number of guanidine groups is 1. The average Bonchev–Trinajstić information content (AvgIpc) is 2.37. The minimum atomic E-state index is 0.114. The van der Waals surface area contributed by atoms with Crippen LogP contribution >= 0.6 is 0 Å². The number of benzene rings is 1. The molecule has 1 aromatic rings. The van der Waals surface area contributed by atoms with Crippen LogP contribution in [0.3, 0.4) is 0 Å². The minimum absolute atomic E-state index is 0.114. The zero-order valence-electron chi connectivity index (χ0n) is 10.9. The first kappa shape index (κ1) is 14.2.